The van der Waals surface area contributed by atoms with Crippen molar-refractivity contribution in [1.29, 1.82) is 0 Å². The van der Waals surface area contributed by atoms with Crippen molar-refractivity contribution < 1.29 is 8.42 Å². The molecule has 5 rings (SSSR count). The Balaban J connectivity index is 1.76. The fraction of sp³-hybridized carbons (Fsp3) is 0.103. The third kappa shape index (κ3) is 4.11. The summed E-state index contributed by atoms with van der Waals surface area (Å²) in [5.41, 5.74) is 4.95. The molecule has 5 heteroatoms. The Morgan fingerprint density at radius 1 is 0.706 bits per heavy atom. The monoisotopic (exact) mass is 466 g/mol. The minimum atomic E-state index is -3.84. The van der Waals surface area contributed by atoms with Crippen LogP contribution in [0, 0.1) is 13.8 Å². The quantitative estimate of drug-likeness (QED) is 0.281. The van der Waals surface area contributed by atoms with Gasteiger partial charge in [0.05, 0.1) is 17.0 Å². The van der Waals surface area contributed by atoms with Gasteiger partial charge in [-0.05, 0) is 55.8 Å². The van der Waals surface area contributed by atoms with E-state index >= 15 is 0 Å². The molecule has 0 fully saturated rings. The highest BCUT2D eigenvalue weighted by molar-refractivity contribution is 7.92. The maximum absolute atomic E-state index is 14.1. The van der Waals surface area contributed by atoms with E-state index in [1.807, 2.05) is 115 Å². The number of nitrogens with zero attached hydrogens (tertiary/aromatic N) is 2. The molecule has 0 unspecified atom stereocenters. The number of aryl methyl sites for hydroxylation is 2. The SMILES string of the molecule is Cc1ccc(-n2c(N(Cc3ccccc3)S(=O)(=O)c3ccc(C)cc3)cc3ccccc32)cc1. The number of fused-ring (bicyclic) bond motifs is 1. The second-order valence-corrected chi connectivity index (χ2v) is 10.4. The van der Waals surface area contributed by atoms with Gasteiger partial charge in [-0.1, -0.05) is 83.9 Å². The highest BCUT2D eigenvalue weighted by Crippen LogP contribution is 2.34. The minimum absolute atomic E-state index is 0.221. The van der Waals surface area contributed by atoms with Gasteiger partial charge in [-0.25, -0.2) is 12.7 Å². The van der Waals surface area contributed by atoms with Gasteiger partial charge in [0.2, 0.25) is 0 Å². The number of aromatic nitrogens is 1. The van der Waals surface area contributed by atoms with Crippen LogP contribution >= 0.6 is 0 Å². The molecule has 4 aromatic carbocycles. The third-order valence-electron chi connectivity index (χ3n) is 6.02. The van der Waals surface area contributed by atoms with E-state index in [2.05, 4.69) is 0 Å². The topological polar surface area (TPSA) is 42.3 Å². The van der Waals surface area contributed by atoms with Crippen LogP contribution in [0.25, 0.3) is 16.6 Å². The van der Waals surface area contributed by atoms with Gasteiger partial charge in [-0.3, -0.25) is 4.57 Å². The van der Waals surface area contributed by atoms with Crippen LogP contribution in [0.4, 0.5) is 5.82 Å². The molecule has 34 heavy (non-hydrogen) atoms. The van der Waals surface area contributed by atoms with Crippen LogP contribution in [0.2, 0.25) is 0 Å². The van der Waals surface area contributed by atoms with Crippen LogP contribution in [-0.4, -0.2) is 13.0 Å². The summed E-state index contributed by atoms with van der Waals surface area (Å²) in [5, 5.41) is 0.982. The molecule has 0 aliphatic carbocycles. The lowest BCUT2D eigenvalue weighted by Crippen LogP contribution is -2.32. The van der Waals surface area contributed by atoms with Gasteiger partial charge in [0.1, 0.15) is 5.82 Å². The molecular formula is C29H26N2O2S. The molecule has 4 nitrogen and oxygen atoms in total. The van der Waals surface area contributed by atoms with Gasteiger partial charge in [-0.2, -0.15) is 0 Å². The first kappa shape index (κ1) is 22.0. The molecule has 1 heterocycles. The normalized spacial score (nSPS) is 11.6. The van der Waals surface area contributed by atoms with Crippen molar-refractivity contribution in [2.45, 2.75) is 25.3 Å². The fourth-order valence-corrected chi connectivity index (χ4v) is 5.60. The largest absolute Gasteiger partial charge is 0.295 e. The second-order valence-electron chi connectivity index (χ2n) is 8.54. The first-order valence-corrected chi connectivity index (χ1v) is 12.7. The van der Waals surface area contributed by atoms with Crippen molar-refractivity contribution in [3.8, 4) is 5.69 Å². The number of rotatable bonds is 6. The Hall–Kier alpha value is -3.83. The van der Waals surface area contributed by atoms with Gasteiger partial charge < -0.3 is 0 Å². The van der Waals surface area contributed by atoms with Crippen LogP contribution < -0.4 is 4.31 Å². The molecule has 1 aromatic heterocycles. The van der Waals surface area contributed by atoms with E-state index in [9.17, 15) is 8.42 Å². The average Bonchev–Trinajstić information content (AvgIpc) is 3.23. The van der Waals surface area contributed by atoms with E-state index in [1.165, 1.54) is 4.31 Å². The van der Waals surface area contributed by atoms with Crippen molar-refractivity contribution in [2.24, 2.45) is 0 Å². The van der Waals surface area contributed by atoms with Gasteiger partial charge in [0.25, 0.3) is 10.0 Å². The molecule has 0 aliphatic rings. The molecule has 0 aliphatic heterocycles. The summed E-state index contributed by atoms with van der Waals surface area (Å²) >= 11 is 0. The van der Waals surface area contributed by atoms with Crippen LogP contribution in [0.1, 0.15) is 16.7 Å². The number of hydrogen-bond donors (Lipinski definition) is 0. The first-order chi connectivity index (χ1) is 16.4. The molecule has 0 N–H and O–H groups in total. The highest BCUT2D eigenvalue weighted by Gasteiger charge is 2.29. The summed E-state index contributed by atoms with van der Waals surface area (Å²) in [6.07, 6.45) is 0. The summed E-state index contributed by atoms with van der Waals surface area (Å²) in [7, 11) is -3.84. The van der Waals surface area contributed by atoms with E-state index in [0.29, 0.717) is 5.82 Å². The van der Waals surface area contributed by atoms with Crippen molar-refractivity contribution in [1.82, 2.24) is 4.57 Å². The minimum Gasteiger partial charge on any atom is -0.295 e. The lowest BCUT2D eigenvalue weighted by atomic mass is 10.2. The molecule has 0 spiro atoms. The molecule has 0 radical (unpaired) electrons. The maximum atomic E-state index is 14.1. The van der Waals surface area contributed by atoms with Crippen LogP contribution in [-0.2, 0) is 16.6 Å². The lowest BCUT2D eigenvalue weighted by molar-refractivity contribution is 0.589. The Morgan fingerprint density at radius 3 is 1.97 bits per heavy atom. The van der Waals surface area contributed by atoms with Gasteiger partial charge in [0.15, 0.2) is 0 Å². The van der Waals surface area contributed by atoms with Crippen molar-refractivity contribution in [2.75, 3.05) is 4.31 Å². The fourth-order valence-electron chi connectivity index (χ4n) is 4.16. The summed E-state index contributed by atoms with van der Waals surface area (Å²) in [4.78, 5) is 0.273. The molecule has 0 saturated heterocycles. The van der Waals surface area contributed by atoms with Crippen LogP contribution in [0.15, 0.2) is 114 Å². The molecule has 5 aromatic rings. The van der Waals surface area contributed by atoms with Crippen LogP contribution in [0.5, 0.6) is 0 Å². The summed E-state index contributed by atoms with van der Waals surface area (Å²) in [5.74, 6) is 0.606. The van der Waals surface area contributed by atoms with E-state index in [1.54, 1.807) is 12.1 Å². The summed E-state index contributed by atoms with van der Waals surface area (Å²) < 4.78 is 31.7. The third-order valence-corrected chi connectivity index (χ3v) is 7.78. The number of anilines is 1. The zero-order chi connectivity index (χ0) is 23.7. The van der Waals surface area contributed by atoms with Crippen molar-refractivity contribution >= 4 is 26.7 Å². The highest BCUT2D eigenvalue weighted by atomic mass is 32.2. The Labute approximate surface area is 200 Å². The standard InChI is InChI=1S/C29H26N2O2S/c1-22-12-16-26(17-13-22)31-28-11-7-6-10-25(28)20-29(31)30(21-24-8-4-3-5-9-24)34(32,33)27-18-14-23(2)15-19-27/h3-20H,21H2,1-2H3. The number of sulfonamides is 1. The molecule has 170 valence electrons. The van der Waals surface area contributed by atoms with Crippen LogP contribution in [0.3, 0.4) is 0 Å². The van der Waals surface area contributed by atoms with E-state index in [0.717, 1.165) is 33.3 Å². The van der Waals surface area contributed by atoms with Gasteiger partial charge in [-0.15, -0.1) is 0 Å². The number of benzene rings is 4. The number of para-hydroxylation sites is 1. The zero-order valence-electron chi connectivity index (χ0n) is 19.2. The predicted octanol–water partition coefficient (Wildman–Crippen LogP) is 6.64. The average molecular weight is 467 g/mol. The van der Waals surface area contributed by atoms with E-state index < -0.39 is 10.0 Å². The van der Waals surface area contributed by atoms with Crippen molar-refractivity contribution in [3.63, 3.8) is 0 Å². The Kier molecular flexibility index (Phi) is 5.72. The van der Waals surface area contributed by atoms with Gasteiger partial charge >= 0.3 is 0 Å². The Bertz CT molecular complexity index is 1540. The predicted molar refractivity (Wildman–Crippen MR) is 139 cm³/mol. The smallest absolute Gasteiger partial charge is 0.265 e. The second kappa shape index (κ2) is 8.84. The molecular weight excluding hydrogens is 440 g/mol. The lowest BCUT2D eigenvalue weighted by Gasteiger charge is -2.26. The summed E-state index contributed by atoms with van der Waals surface area (Å²) in [6.45, 7) is 4.22. The van der Waals surface area contributed by atoms with Gasteiger partial charge in [0, 0.05) is 11.1 Å². The summed E-state index contributed by atoms with van der Waals surface area (Å²) in [6, 6.07) is 34.9. The zero-order valence-corrected chi connectivity index (χ0v) is 20.0. The molecule has 0 saturated carbocycles. The Morgan fingerprint density at radius 2 is 1.29 bits per heavy atom. The molecule has 0 bridgehead atoms. The van der Waals surface area contributed by atoms with E-state index in [-0.39, 0.29) is 11.4 Å². The van der Waals surface area contributed by atoms with Crippen molar-refractivity contribution in [3.05, 3.63) is 126 Å². The molecule has 0 amide bonds. The maximum Gasteiger partial charge on any atom is 0.265 e. The number of hydrogen-bond acceptors (Lipinski definition) is 2. The first-order valence-electron chi connectivity index (χ1n) is 11.2. The van der Waals surface area contributed by atoms with E-state index in [4.69, 9.17) is 0 Å². The molecule has 0 atom stereocenters.